The lowest BCUT2D eigenvalue weighted by Crippen LogP contribution is -2.48. The fourth-order valence-electron chi connectivity index (χ4n) is 4.08. The van der Waals surface area contributed by atoms with Crippen molar-refractivity contribution in [3.8, 4) is 0 Å². The number of carbonyl (C=O) groups excluding carboxylic acids is 2. The summed E-state index contributed by atoms with van der Waals surface area (Å²) < 4.78 is 5.52. The molecule has 3 heterocycles. The van der Waals surface area contributed by atoms with Crippen molar-refractivity contribution < 1.29 is 14.0 Å². The average molecular weight is 433 g/mol. The number of piperidine rings is 1. The van der Waals surface area contributed by atoms with Crippen LogP contribution in [0.3, 0.4) is 0 Å². The monoisotopic (exact) mass is 432 g/mol. The number of hydrogen-bond acceptors (Lipinski definition) is 5. The van der Waals surface area contributed by atoms with E-state index in [0.29, 0.717) is 17.8 Å². The van der Waals surface area contributed by atoms with Crippen molar-refractivity contribution >= 4 is 17.5 Å². The normalized spacial score (nSPS) is 14.8. The topological polar surface area (TPSA) is 78.7 Å². The summed E-state index contributed by atoms with van der Waals surface area (Å²) in [6.07, 6.45) is 7.02. The first kappa shape index (κ1) is 21.8. The molecule has 2 amide bonds. The van der Waals surface area contributed by atoms with Gasteiger partial charge in [-0.25, -0.2) is 4.79 Å². The van der Waals surface area contributed by atoms with Crippen LogP contribution >= 0.6 is 0 Å². The predicted molar refractivity (Wildman–Crippen MR) is 122 cm³/mol. The number of aromatic nitrogens is 1. The summed E-state index contributed by atoms with van der Waals surface area (Å²) in [6, 6.07) is 14.7. The number of furan rings is 1. The molecule has 32 heavy (non-hydrogen) atoms. The number of nitrogens with zero attached hydrogens (tertiary/aromatic N) is 3. The van der Waals surface area contributed by atoms with Gasteiger partial charge in [-0.3, -0.25) is 14.7 Å². The van der Waals surface area contributed by atoms with Crippen LogP contribution in [0.1, 0.15) is 41.4 Å². The van der Waals surface area contributed by atoms with Crippen LogP contribution < -0.4 is 5.32 Å². The van der Waals surface area contributed by atoms with E-state index in [2.05, 4.69) is 15.2 Å². The number of amides is 2. The minimum Gasteiger partial charge on any atom is -0.467 e. The van der Waals surface area contributed by atoms with E-state index in [0.717, 1.165) is 38.2 Å². The van der Waals surface area contributed by atoms with E-state index in [4.69, 9.17) is 4.42 Å². The van der Waals surface area contributed by atoms with Gasteiger partial charge in [0.2, 0.25) is 0 Å². The van der Waals surface area contributed by atoms with Gasteiger partial charge in [-0.05, 0) is 61.7 Å². The van der Waals surface area contributed by atoms with Gasteiger partial charge in [-0.2, -0.15) is 0 Å². The smallest absolute Gasteiger partial charge is 0.322 e. The Morgan fingerprint density at radius 3 is 2.59 bits per heavy atom. The van der Waals surface area contributed by atoms with Gasteiger partial charge < -0.3 is 14.6 Å². The van der Waals surface area contributed by atoms with Crippen LogP contribution in [0, 0.1) is 0 Å². The fourth-order valence-corrected chi connectivity index (χ4v) is 4.08. The molecule has 1 saturated heterocycles. The van der Waals surface area contributed by atoms with Crippen molar-refractivity contribution in [2.45, 2.75) is 38.9 Å². The van der Waals surface area contributed by atoms with Gasteiger partial charge in [0.1, 0.15) is 5.76 Å². The lowest BCUT2D eigenvalue weighted by molar-refractivity contribution is 0.101. The van der Waals surface area contributed by atoms with Gasteiger partial charge in [0.05, 0.1) is 12.8 Å². The molecule has 0 bridgehead atoms. The number of benzene rings is 1. The van der Waals surface area contributed by atoms with Crippen molar-refractivity contribution in [2.24, 2.45) is 0 Å². The molecule has 1 fully saturated rings. The molecule has 3 aromatic rings. The Morgan fingerprint density at radius 2 is 1.91 bits per heavy atom. The van der Waals surface area contributed by atoms with E-state index in [1.165, 1.54) is 12.5 Å². The standard InChI is InChI=1S/C25H28N4O3/c1-19(30)21-4-2-5-22(16-21)27-25(31)29(18-24-6-3-15-32-24)23-9-13-28(14-10-23)17-20-7-11-26-12-8-20/h2-8,11-12,15-16,23H,9-10,13-14,17-18H2,1H3,(H,27,31). The zero-order valence-corrected chi connectivity index (χ0v) is 18.2. The number of anilines is 1. The summed E-state index contributed by atoms with van der Waals surface area (Å²) in [6.45, 7) is 4.63. The zero-order chi connectivity index (χ0) is 22.3. The predicted octanol–water partition coefficient (Wildman–Crippen LogP) is 4.58. The molecule has 1 aromatic carbocycles. The first-order chi connectivity index (χ1) is 15.6. The van der Waals surface area contributed by atoms with Crippen molar-refractivity contribution in [3.05, 3.63) is 84.1 Å². The molecule has 4 rings (SSSR count). The second-order valence-corrected chi connectivity index (χ2v) is 8.14. The van der Waals surface area contributed by atoms with Crippen LogP contribution in [-0.4, -0.2) is 45.7 Å². The summed E-state index contributed by atoms with van der Waals surface area (Å²) in [4.78, 5) is 33.3. The second-order valence-electron chi connectivity index (χ2n) is 8.14. The Kier molecular flexibility index (Phi) is 6.97. The Labute approximate surface area is 188 Å². The number of carbonyl (C=O) groups is 2. The number of urea groups is 1. The highest BCUT2D eigenvalue weighted by Gasteiger charge is 2.29. The summed E-state index contributed by atoms with van der Waals surface area (Å²) >= 11 is 0. The third kappa shape index (κ3) is 5.62. The Hall–Kier alpha value is -3.45. The molecule has 7 nitrogen and oxygen atoms in total. The van der Waals surface area contributed by atoms with E-state index in [1.807, 2.05) is 41.6 Å². The van der Waals surface area contributed by atoms with Crippen molar-refractivity contribution in [3.63, 3.8) is 0 Å². The Balaban J connectivity index is 1.43. The third-order valence-corrected chi connectivity index (χ3v) is 5.84. The van der Waals surface area contributed by atoms with Crippen molar-refractivity contribution in [1.29, 1.82) is 0 Å². The summed E-state index contributed by atoms with van der Waals surface area (Å²) in [5.41, 5.74) is 2.43. The molecule has 0 radical (unpaired) electrons. The minimum atomic E-state index is -0.185. The largest absolute Gasteiger partial charge is 0.467 e. The first-order valence-electron chi connectivity index (χ1n) is 10.9. The molecule has 0 spiro atoms. The minimum absolute atomic E-state index is 0.0323. The van der Waals surface area contributed by atoms with Crippen molar-refractivity contribution in [2.75, 3.05) is 18.4 Å². The first-order valence-corrected chi connectivity index (χ1v) is 10.9. The number of nitrogens with one attached hydrogen (secondary N) is 1. The zero-order valence-electron chi connectivity index (χ0n) is 18.2. The summed E-state index contributed by atoms with van der Waals surface area (Å²) in [7, 11) is 0. The average Bonchev–Trinajstić information content (AvgIpc) is 3.32. The molecule has 1 aliphatic heterocycles. The molecule has 1 N–H and O–H groups in total. The maximum Gasteiger partial charge on any atom is 0.322 e. The number of likely N-dealkylation sites (tertiary alicyclic amines) is 1. The van der Waals surface area contributed by atoms with Crippen LogP contribution in [0.2, 0.25) is 0 Å². The van der Waals surface area contributed by atoms with E-state index >= 15 is 0 Å². The lowest BCUT2D eigenvalue weighted by Gasteiger charge is -2.38. The summed E-state index contributed by atoms with van der Waals surface area (Å²) in [5.74, 6) is 0.715. The molecule has 166 valence electrons. The number of ketones is 1. The number of Topliss-reactive ketones (excluding diaryl/α,β-unsaturated/α-hetero) is 1. The fraction of sp³-hybridized carbons (Fsp3) is 0.320. The lowest BCUT2D eigenvalue weighted by atomic mass is 10.0. The van der Waals surface area contributed by atoms with Crippen LogP contribution in [0.5, 0.6) is 0 Å². The van der Waals surface area contributed by atoms with Crippen LogP contribution in [-0.2, 0) is 13.1 Å². The Morgan fingerprint density at radius 1 is 1.12 bits per heavy atom. The highest BCUT2D eigenvalue weighted by atomic mass is 16.3. The van der Waals surface area contributed by atoms with Gasteiger partial charge >= 0.3 is 6.03 Å². The highest BCUT2D eigenvalue weighted by Crippen LogP contribution is 2.22. The molecule has 0 unspecified atom stereocenters. The van der Waals surface area contributed by atoms with Crippen LogP contribution in [0.4, 0.5) is 10.5 Å². The molecule has 0 saturated carbocycles. The van der Waals surface area contributed by atoms with E-state index in [9.17, 15) is 9.59 Å². The molecular formula is C25H28N4O3. The summed E-state index contributed by atoms with van der Waals surface area (Å²) in [5, 5.41) is 2.97. The quantitative estimate of drug-likeness (QED) is 0.553. The number of pyridine rings is 1. The number of hydrogen-bond donors (Lipinski definition) is 1. The molecular weight excluding hydrogens is 404 g/mol. The number of rotatable bonds is 7. The third-order valence-electron chi connectivity index (χ3n) is 5.84. The van der Waals surface area contributed by atoms with Gasteiger partial charge in [-0.1, -0.05) is 12.1 Å². The van der Waals surface area contributed by atoms with Crippen LogP contribution in [0.15, 0.2) is 71.6 Å². The van der Waals surface area contributed by atoms with Gasteiger partial charge in [0.15, 0.2) is 5.78 Å². The van der Waals surface area contributed by atoms with Gasteiger partial charge in [-0.15, -0.1) is 0 Å². The molecule has 1 aliphatic rings. The SMILES string of the molecule is CC(=O)c1cccc(NC(=O)N(Cc2ccco2)C2CCN(Cc3ccncc3)CC2)c1. The maximum absolute atomic E-state index is 13.3. The van der Waals surface area contributed by atoms with Gasteiger partial charge in [0, 0.05) is 49.3 Å². The van der Waals surface area contributed by atoms with Gasteiger partial charge in [0.25, 0.3) is 0 Å². The molecule has 2 aromatic heterocycles. The van der Waals surface area contributed by atoms with Crippen LogP contribution in [0.25, 0.3) is 0 Å². The van der Waals surface area contributed by atoms with E-state index < -0.39 is 0 Å². The van der Waals surface area contributed by atoms with E-state index in [-0.39, 0.29) is 17.9 Å². The molecule has 7 heteroatoms. The van der Waals surface area contributed by atoms with E-state index in [1.54, 1.807) is 30.5 Å². The Bertz CT molecular complexity index is 1030. The maximum atomic E-state index is 13.3. The van der Waals surface area contributed by atoms with Crippen molar-refractivity contribution in [1.82, 2.24) is 14.8 Å². The highest BCUT2D eigenvalue weighted by molar-refractivity contribution is 5.96. The second kappa shape index (κ2) is 10.2. The molecule has 0 atom stereocenters. The molecule has 0 aliphatic carbocycles.